The second kappa shape index (κ2) is 6.02. The molecule has 2 nitrogen and oxygen atoms in total. The minimum atomic E-state index is -0.220. The molecule has 0 radical (unpaired) electrons. The maximum atomic E-state index is 13.5. The van der Waals surface area contributed by atoms with Crippen LogP contribution in [0.25, 0.3) is 0 Å². The van der Waals surface area contributed by atoms with E-state index in [1.165, 1.54) is 0 Å². The first-order chi connectivity index (χ1) is 8.60. The van der Waals surface area contributed by atoms with Gasteiger partial charge in [-0.15, -0.1) is 0 Å². The Labute approximate surface area is 116 Å². The van der Waals surface area contributed by atoms with Crippen LogP contribution in [0.3, 0.4) is 0 Å². The highest BCUT2D eigenvalue weighted by molar-refractivity contribution is 9.10. The van der Waals surface area contributed by atoms with Crippen LogP contribution in [0.2, 0.25) is 0 Å². The lowest BCUT2D eigenvalue weighted by Crippen LogP contribution is -2.33. The molecule has 2 unspecified atom stereocenters. The van der Waals surface area contributed by atoms with Gasteiger partial charge in [-0.3, -0.25) is 0 Å². The Morgan fingerprint density at radius 1 is 1.50 bits per heavy atom. The maximum absolute atomic E-state index is 13.5. The van der Waals surface area contributed by atoms with E-state index in [-0.39, 0.29) is 5.82 Å². The molecule has 1 aliphatic rings. The first-order valence-electron chi connectivity index (χ1n) is 6.44. The summed E-state index contributed by atoms with van der Waals surface area (Å²) in [6, 6.07) is 3.76. The zero-order valence-electron chi connectivity index (χ0n) is 10.8. The van der Waals surface area contributed by atoms with Crippen molar-refractivity contribution in [2.75, 3.05) is 11.9 Å². The van der Waals surface area contributed by atoms with Crippen molar-refractivity contribution in [1.82, 2.24) is 0 Å². The Hall–Kier alpha value is -0.610. The molecule has 0 spiro atoms. The van der Waals surface area contributed by atoms with Gasteiger partial charge in [0.2, 0.25) is 0 Å². The quantitative estimate of drug-likeness (QED) is 0.899. The smallest absolute Gasteiger partial charge is 0.139 e. The molecule has 0 aliphatic carbocycles. The van der Waals surface area contributed by atoms with E-state index in [0.29, 0.717) is 16.6 Å². The van der Waals surface area contributed by atoms with Gasteiger partial charge in [-0.1, -0.05) is 6.92 Å². The van der Waals surface area contributed by atoms with Gasteiger partial charge < -0.3 is 10.1 Å². The number of aryl methyl sites for hydroxylation is 1. The van der Waals surface area contributed by atoms with Crippen molar-refractivity contribution in [3.05, 3.63) is 28.0 Å². The molecule has 1 aromatic carbocycles. The zero-order valence-corrected chi connectivity index (χ0v) is 12.4. The van der Waals surface area contributed by atoms with E-state index in [1.54, 1.807) is 6.07 Å². The molecule has 1 aromatic rings. The minimum absolute atomic E-state index is 0.220. The third-order valence-electron chi connectivity index (χ3n) is 3.45. The lowest BCUT2D eigenvalue weighted by atomic mass is 10.0. The average Bonchev–Trinajstić information content (AvgIpc) is 2.36. The normalized spacial score (nSPS) is 24.0. The Balaban J connectivity index is 2.07. The van der Waals surface area contributed by atoms with Gasteiger partial charge in [-0.05, 0) is 59.8 Å². The second-order valence-electron chi connectivity index (χ2n) is 4.85. The maximum Gasteiger partial charge on any atom is 0.139 e. The molecule has 2 atom stereocenters. The summed E-state index contributed by atoms with van der Waals surface area (Å²) in [7, 11) is 0. The number of ether oxygens (including phenoxy) is 1. The summed E-state index contributed by atoms with van der Waals surface area (Å²) in [5, 5.41) is 3.44. The third kappa shape index (κ3) is 3.23. The van der Waals surface area contributed by atoms with E-state index in [2.05, 4.69) is 28.2 Å². The van der Waals surface area contributed by atoms with Gasteiger partial charge in [-0.25, -0.2) is 4.39 Å². The van der Waals surface area contributed by atoms with Crippen LogP contribution in [0.1, 0.15) is 31.7 Å². The number of hydrogen-bond acceptors (Lipinski definition) is 2. The fourth-order valence-electron chi connectivity index (χ4n) is 2.32. The molecule has 2 rings (SSSR count). The highest BCUT2D eigenvalue weighted by Crippen LogP contribution is 2.27. The van der Waals surface area contributed by atoms with Crippen LogP contribution in [0.4, 0.5) is 10.1 Å². The monoisotopic (exact) mass is 315 g/mol. The van der Waals surface area contributed by atoms with Crippen LogP contribution in [0.15, 0.2) is 16.6 Å². The first kappa shape index (κ1) is 13.8. The lowest BCUT2D eigenvalue weighted by Gasteiger charge is -2.30. The van der Waals surface area contributed by atoms with E-state index >= 15 is 0 Å². The first-order valence-corrected chi connectivity index (χ1v) is 7.23. The molecule has 4 heteroatoms. The summed E-state index contributed by atoms with van der Waals surface area (Å²) in [4.78, 5) is 0. The Bertz CT molecular complexity index is 425. The lowest BCUT2D eigenvalue weighted by molar-refractivity contribution is 0.00924. The van der Waals surface area contributed by atoms with Crippen molar-refractivity contribution in [3.63, 3.8) is 0 Å². The highest BCUT2D eigenvalue weighted by Gasteiger charge is 2.21. The SMILES string of the molecule is CCC1CC(Nc2cc(F)c(Br)cc2C)CCO1. The van der Waals surface area contributed by atoms with Crippen LogP contribution < -0.4 is 5.32 Å². The largest absolute Gasteiger partial charge is 0.382 e. The molecule has 1 saturated heterocycles. The Kier molecular flexibility index (Phi) is 4.62. The summed E-state index contributed by atoms with van der Waals surface area (Å²) >= 11 is 3.20. The van der Waals surface area contributed by atoms with E-state index < -0.39 is 0 Å². The van der Waals surface area contributed by atoms with Gasteiger partial charge >= 0.3 is 0 Å². The number of hydrogen-bond donors (Lipinski definition) is 1. The molecule has 18 heavy (non-hydrogen) atoms. The molecule has 0 bridgehead atoms. The molecule has 1 fully saturated rings. The molecule has 0 aromatic heterocycles. The van der Waals surface area contributed by atoms with Crippen molar-refractivity contribution in [1.29, 1.82) is 0 Å². The summed E-state index contributed by atoms with van der Waals surface area (Å²) in [5.74, 6) is -0.220. The third-order valence-corrected chi connectivity index (χ3v) is 4.06. The number of anilines is 1. The molecule has 1 N–H and O–H groups in total. The molecule has 1 heterocycles. The van der Waals surface area contributed by atoms with Gasteiger partial charge in [0.1, 0.15) is 5.82 Å². The second-order valence-corrected chi connectivity index (χ2v) is 5.70. The van der Waals surface area contributed by atoms with Gasteiger partial charge in [0.25, 0.3) is 0 Å². The van der Waals surface area contributed by atoms with E-state index in [9.17, 15) is 4.39 Å². The zero-order chi connectivity index (χ0) is 13.1. The summed E-state index contributed by atoms with van der Waals surface area (Å²) in [5.41, 5.74) is 1.94. The Morgan fingerprint density at radius 2 is 2.28 bits per heavy atom. The van der Waals surface area contributed by atoms with Crippen molar-refractivity contribution in [3.8, 4) is 0 Å². The highest BCUT2D eigenvalue weighted by atomic mass is 79.9. The van der Waals surface area contributed by atoms with Crippen LogP contribution >= 0.6 is 15.9 Å². The van der Waals surface area contributed by atoms with E-state index in [0.717, 1.165) is 37.1 Å². The van der Waals surface area contributed by atoms with Crippen LogP contribution in [0.5, 0.6) is 0 Å². The topological polar surface area (TPSA) is 21.3 Å². The Morgan fingerprint density at radius 3 is 3.00 bits per heavy atom. The van der Waals surface area contributed by atoms with Gasteiger partial charge in [0, 0.05) is 18.3 Å². The number of benzene rings is 1. The molecule has 1 aliphatic heterocycles. The van der Waals surface area contributed by atoms with Gasteiger partial charge in [-0.2, -0.15) is 0 Å². The van der Waals surface area contributed by atoms with E-state index in [4.69, 9.17) is 4.74 Å². The van der Waals surface area contributed by atoms with Crippen LogP contribution in [0, 0.1) is 12.7 Å². The molecular weight excluding hydrogens is 297 g/mol. The van der Waals surface area contributed by atoms with Gasteiger partial charge in [0.15, 0.2) is 0 Å². The van der Waals surface area contributed by atoms with Crippen molar-refractivity contribution in [2.45, 2.75) is 45.3 Å². The average molecular weight is 316 g/mol. The summed E-state index contributed by atoms with van der Waals surface area (Å²) in [6.07, 6.45) is 3.34. The summed E-state index contributed by atoms with van der Waals surface area (Å²) < 4.78 is 19.7. The van der Waals surface area contributed by atoms with Crippen molar-refractivity contribution in [2.24, 2.45) is 0 Å². The summed E-state index contributed by atoms with van der Waals surface area (Å²) in [6.45, 7) is 4.91. The van der Waals surface area contributed by atoms with Gasteiger partial charge in [0.05, 0.1) is 10.6 Å². The molecule has 0 saturated carbocycles. The van der Waals surface area contributed by atoms with Crippen LogP contribution in [-0.4, -0.2) is 18.8 Å². The molecule has 0 amide bonds. The molecular formula is C14H19BrFNO. The number of halogens is 2. The van der Waals surface area contributed by atoms with Crippen LogP contribution in [-0.2, 0) is 4.74 Å². The van der Waals surface area contributed by atoms with Crippen molar-refractivity contribution >= 4 is 21.6 Å². The fraction of sp³-hybridized carbons (Fsp3) is 0.571. The number of rotatable bonds is 3. The van der Waals surface area contributed by atoms with Crippen molar-refractivity contribution < 1.29 is 9.13 Å². The predicted molar refractivity (Wildman–Crippen MR) is 75.5 cm³/mol. The molecule has 100 valence electrons. The minimum Gasteiger partial charge on any atom is -0.382 e. The standard InChI is InChI=1S/C14H19BrFNO/c1-3-11-7-10(4-5-18-11)17-14-8-13(16)12(15)6-9(14)2/h6,8,10-11,17H,3-5,7H2,1-2H3. The number of nitrogens with one attached hydrogen (secondary N) is 1. The van der Waals surface area contributed by atoms with E-state index in [1.807, 2.05) is 13.0 Å². The fourth-order valence-corrected chi connectivity index (χ4v) is 2.78. The predicted octanol–water partition coefficient (Wildman–Crippen LogP) is 4.27.